The summed E-state index contributed by atoms with van der Waals surface area (Å²) < 4.78 is 23.2. The van der Waals surface area contributed by atoms with Gasteiger partial charge in [-0.25, -0.2) is 4.98 Å². The topological polar surface area (TPSA) is 57.2 Å². The molecule has 2 atom stereocenters. The zero-order chi connectivity index (χ0) is 20.6. The van der Waals surface area contributed by atoms with Gasteiger partial charge in [0.15, 0.2) is 8.32 Å². The third kappa shape index (κ3) is 6.03. The van der Waals surface area contributed by atoms with Crippen molar-refractivity contribution in [2.24, 2.45) is 5.92 Å². The highest BCUT2D eigenvalue weighted by atomic mass is 79.9. The Balaban J connectivity index is 2.10. The van der Waals surface area contributed by atoms with Crippen molar-refractivity contribution >= 4 is 35.6 Å². The molecule has 1 aromatic heterocycles. The number of hydrogen-bond donors (Lipinski definition) is 1. The van der Waals surface area contributed by atoms with Gasteiger partial charge in [-0.3, -0.25) is 0 Å². The molecule has 1 saturated carbocycles. The van der Waals surface area contributed by atoms with Crippen LogP contribution in [-0.4, -0.2) is 28.7 Å². The number of nitrogens with one attached hydrogen (secondary N) is 1. The van der Waals surface area contributed by atoms with Gasteiger partial charge in [0, 0.05) is 17.5 Å². The van der Waals surface area contributed by atoms with Crippen molar-refractivity contribution in [1.82, 2.24) is 9.71 Å². The number of aromatic nitrogens is 1. The molecule has 0 saturated heterocycles. The third-order valence-corrected chi connectivity index (χ3v) is 12.3. The summed E-state index contributed by atoms with van der Waals surface area (Å²) in [7, 11) is -1.76. The molecule has 0 bridgehead atoms. The first-order valence-electron chi connectivity index (χ1n) is 9.69. The van der Waals surface area contributed by atoms with Crippen LogP contribution in [-0.2, 0) is 15.8 Å². The van der Waals surface area contributed by atoms with Gasteiger partial charge in [-0.15, -0.1) is 4.72 Å². The maximum atomic E-state index is 12.8. The minimum atomic E-state index is -1.76. The van der Waals surface area contributed by atoms with Crippen LogP contribution in [0.3, 0.4) is 0 Å². The molecule has 0 radical (unpaired) electrons. The van der Waals surface area contributed by atoms with Crippen molar-refractivity contribution in [3.63, 3.8) is 0 Å². The normalized spacial score (nSPS) is 23.6. The van der Waals surface area contributed by atoms with Gasteiger partial charge in [-0.1, -0.05) is 26.8 Å². The van der Waals surface area contributed by atoms with Crippen molar-refractivity contribution in [3.8, 4) is 0 Å². The molecule has 0 aliphatic heterocycles. The van der Waals surface area contributed by atoms with E-state index in [2.05, 4.69) is 59.5 Å². The molecule has 1 fully saturated rings. The fraction of sp³-hybridized carbons (Fsp3) is 0.750. The smallest absolute Gasteiger partial charge is 0.192 e. The average Bonchev–Trinajstić information content (AvgIpc) is 2.46. The molecule has 154 valence electrons. The number of rotatable bonds is 6. The Bertz CT molecular complexity index is 640. The van der Waals surface area contributed by atoms with Crippen LogP contribution in [0.15, 0.2) is 22.8 Å². The predicted molar refractivity (Wildman–Crippen MR) is 121 cm³/mol. The molecule has 1 N–H and O–H groups in total. The maximum absolute atomic E-state index is 12.8. The van der Waals surface area contributed by atoms with Crippen LogP contribution in [0, 0.1) is 5.92 Å². The lowest BCUT2D eigenvalue weighted by Crippen LogP contribution is -2.51. The van der Waals surface area contributed by atoms with E-state index in [4.69, 9.17) is 4.43 Å². The molecule has 1 aliphatic rings. The summed E-state index contributed by atoms with van der Waals surface area (Å²) in [5.41, 5.74) is 0.942. The monoisotopic (exact) mass is 474 g/mol. The highest BCUT2D eigenvalue weighted by Gasteiger charge is 2.46. The van der Waals surface area contributed by atoms with E-state index in [0.717, 1.165) is 23.1 Å². The predicted octanol–water partition coefficient (Wildman–Crippen LogP) is 5.74. The molecule has 0 spiro atoms. The maximum Gasteiger partial charge on any atom is 0.192 e. The van der Waals surface area contributed by atoms with Crippen molar-refractivity contribution in [2.45, 2.75) is 89.4 Å². The van der Waals surface area contributed by atoms with Crippen molar-refractivity contribution in [3.05, 3.63) is 28.5 Å². The van der Waals surface area contributed by atoms with E-state index in [-0.39, 0.29) is 15.8 Å². The zero-order valence-electron chi connectivity index (χ0n) is 17.9. The summed E-state index contributed by atoms with van der Waals surface area (Å²) in [6.45, 7) is 17.4. The first kappa shape index (κ1) is 23.4. The van der Waals surface area contributed by atoms with Gasteiger partial charge in [0.1, 0.15) is 9.35 Å². The van der Waals surface area contributed by atoms with Gasteiger partial charge in [0.2, 0.25) is 0 Å². The van der Waals surface area contributed by atoms with Gasteiger partial charge < -0.3 is 8.98 Å². The molecular weight excluding hydrogens is 440 g/mol. The summed E-state index contributed by atoms with van der Waals surface area (Å²) >= 11 is 2.32. The van der Waals surface area contributed by atoms with Crippen LogP contribution in [0.5, 0.6) is 0 Å². The van der Waals surface area contributed by atoms with E-state index in [0.29, 0.717) is 12.0 Å². The molecule has 1 aromatic rings. The van der Waals surface area contributed by atoms with E-state index in [1.807, 2.05) is 39.0 Å². The van der Waals surface area contributed by atoms with E-state index < -0.39 is 19.7 Å². The van der Waals surface area contributed by atoms with E-state index in [9.17, 15) is 4.55 Å². The second-order valence-electron chi connectivity index (χ2n) is 10.1. The van der Waals surface area contributed by atoms with Crippen LogP contribution < -0.4 is 4.72 Å². The molecule has 1 heterocycles. The van der Waals surface area contributed by atoms with Crippen LogP contribution in [0.2, 0.25) is 18.1 Å². The van der Waals surface area contributed by atoms with E-state index in [1.54, 1.807) is 0 Å². The molecule has 2 rings (SSSR count). The molecule has 1 unspecified atom stereocenters. The molecule has 27 heavy (non-hydrogen) atoms. The Hall–Kier alpha value is 0.0769. The number of nitrogens with zero attached hydrogens (tertiary/aromatic N) is 1. The molecule has 1 aliphatic carbocycles. The minimum absolute atomic E-state index is 0.0261. The number of hydrogen-bond acceptors (Lipinski definition) is 4. The van der Waals surface area contributed by atoms with Gasteiger partial charge in [-0.2, -0.15) is 0 Å². The molecule has 7 heteroatoms. The highest BCUT2D eigenvalue weighted by Crippen LogP contribution is 2.45. The van der Waals surface area contributed by atoms with Crippen molar-refractivity contribution in [1.29, 1.82) is 0 Å². The molecule has 0 aromatic carbocycles. The lowest BCUT2D eigenvalue weighted by Gasteiger charge is -2.46. The number of pyridine rings is 1. The van der Waals surface area contributed by atoms with Crippen molar-refractivity contribution < 1.29 is 8.98 Å². The third-order valence-electron chi connectivity index (χ3n) is 5.72. The quantitative estimate of drug-likeness (QED) is 0.324. The Morgan fingerprint density at radius 2 is 1.81 bits per heavy atom. The lowest BCUT2D eigenvalue weighted by atomic mass is 9.76. The first-order chi connectivity index (χ1) is 12.2. The standard InChI is InChI=1S/C20H35BrN2O2SSi/c1-19(2,3)26(24)23-18(16-10-9-11-17(21)22-16)14-12-15(13-14)25-27(7,8)20(4,5)6/h9-11,14-15,18,23H,12-13H2,1-8H3/t14?,15?,18-,26?/m0/s1. The average molecular weight is 476 g/mol. The Morgan fingerprint density at radius 3 is 2.30 bits per heavy atom. The largest absolute Gasteiger partial charge is 0.598 e. The van der Waals surface area contributed by atoms with Crippen LogP contribution >= 0.6 is 15.9 Å². The van der Waals surface area contributed by atoms with Crippen molar-refractivity contribution in [2.75, 3.05) is 0 Å². The Kier molecular flexibility index (Phi) is 7.30. The molecular formula is C20H35BrN2O2SSi. The highest BCUT2D eigenvalue weighted by molar-refractivity contribution is 9.10. The van der Waals surface area contributed by atoms with E-state index >= 15 is 0 Å². The fourth-order valence-electron chi connectivity index (χ4n) is 2.86. The van der Waals surface area contributed by atoms with Crippen LogP contribution in [0.4, 0.5) is 0 Å². The summed E-state index contributed by atoms with van der Waals surface area (Å²) in [5.74, 6) is 0.382. The van der Waals surface area contributed by atoms with Gasteiger partial charge in [0.25, 0.3) is 0 Å². The van der Waals surface area contributed by atoms with Gasteiger partial charge >= 0.3 is 0 Å². The zero-order valence-corrected chi connectivity index (χ0v) is 21.3. The summed E-state index contributed by atoms with van der Waals surface area (Å²) in [5, 5.41) is 0.218. The number of halogens is 1. The SMILES string of the molecule is CC(C)(C)[S+]([O-])N[C@H](c1cccc(Br)n1)C1CC(O[Si](C)(C)C(C)(C)C)C1. The second kappa shape index (κ2) is 8.44. The summed E-state index contributed by atoms with van der Waals surface area (Å²) in [6.07, 6.45) is 2.27. The fourth-order valence-corrected chi connectivity index (χ4v) is 5.49. The first-order valence-corrected chi connectivity index (χ1v) is 14.5. The lowest BCUT2D eigenvalue weighted by molar-refractivity contribution is 0.0365. The second-order valence-corrected chi connectivity index (χ2v) is 17.7. The Morgan fingerprint density at radius 1 is 1.22 bits per heavy atom. The van der Waals surface area contributed by atoms with Gasteiger partial charge in [-0.05, 0) is 85.7 Å². The van der Waals surface area contributed by atoms with E-state index in [1.165, 1.54) is 0 Å². The molecule has 0 amide bonds. The summed E-state index contributed by atoms with van der Waals surface area (Å²) in [4.78, 5) is 4.64. The van der Waals surface area contributed by atoms with Crippen LogP contribution in [0.25, 0.3) is 0 Å². The minimum Gasteiger partial charge on any atom is -0.598 e. The van der Waals surface area contributed by atoms with Crippen LogP contribution in [0.1, 0.15) is 66.1 Å². The molecule has 4 nitrogen and oxygen atoms in total. The van der Waals surface area contributed by atoms with Gasteiger partial charge in [0.05, 0.1) is 11.7 Å². The summed E-state index contributed by atoms with van der Waals surface area (Å²) in [6, 6.07) is 5.90. The Labute approximate surface area is 177 Å².